The maximum absolute atomic E-state index is 12.1. The van der Waals surface area contributed by atoms with Crippen LogP contribution >= 0.6 is 15.9 Å². The minimum Gasteiger partial charge on any atom is -0.392 e. The van der Waals surface area contributed by atoms with Crippen molar-refractivity contribution in [2.75, 3.05) is 0 Å². The zero-order valence-corrected chi connectivity index (χ0v) is 7.55. The first-order valence-corrected chi connectivity index (χ1v) is 3.97. The lowest BCUT2D eigenvalue weighted by Crippen LogP contribution is -1.93. The molecule has 0 spiro atoms. The summed E-state index contributed by atoms with van der Waals surface area (Å²) in [5.74, 6) is 0. The van der Waals surface area contributed by atoms with Crippen molar-refractivity contribution in [1.29, 1.82) is 0 Å². The third-order valence-corrected chi connectivity index (χ3v) is 2.07. The van der Waals surface area contributed by atoms with E-state index in [2.05, 4.69) is 20.9 Å². The summed E-state index contributed by atoms with van der Waals surface area (Å²) in [6.45, 7) is -0.297. The highest BCUT2D eigenvalue weighted by Gasteiger charge is 2.09. The van der Waals surface area contributed by atoms with E-state index in [1.807, 2.05) is 0 Å². The molecule has 2 nitrogen and oxygen atoms in total. The molecule has 1 aromatic rings. The van der Waals surface area contributed by atoms with E-state index in [4.69, 9.17) is 5.11 Å². The van der Waals surface area contributed by atoms with Gasteiger partial charge in [0.15, 0.2) is 0 Å². The van der Waals surface area contributed by atoms with Gasteiger partial charge in [0.2, 0.25) is 0 Å². The highest BCUT2D eigenvalue weighted by Crippen LogP contribution is 2.22. The molecule has 1 heterocycles. The van der Waals surface area contributed by atoms with Crippen LogP contribution < -0.4 is 0 Å². The quantitative estimate of drug-likeness (QED) is 0.801. The molecule has 66 valence electrons. The first-order valence-electron chi connectivity index (χ1n) is 3.18. The highest BCUT2D eigenvalue weighted by molar-refractivity contribution is 9.10. The molecule has 0 bridgehead atoms. The van der Waals surface area contributed by atoms with E-state index < -0.39 is 6.43 Å². The number of hydrogen-bond donors (Lipinski definition) is 1. The van der Waals surface area contributed by atoms with Crippen molar-refractivity contribution in [2.24, 2.45) is 0 Å². The number of aromatic nitrogens is 1. The molecular weight excluding hydrogens is 232 g/mol. The standard InChI is InChI=1S/C7H6BrF2NO/c8-6-5(3-12)1-4(2-11-6)7(9)10/h1-2,7,12H,3H2. The Morgan fingerprint density at radius 3 is 2.75 bits per heavy atom. The predicted octanol–water partition coefficient (Wildman–Crippen LogP) is 2.27. The van der Waals surface area contributed by atoms with Gasteiger partial charge in [0.1, 0.15) is 4.60 Å². The van der Waals surface area contributed by atoms with Crippen molar-refractivity contribution < 1.29 is 13.9 Å². The number of hydrogen-bond acceptors (Lipinski definition) is 2. The Morgan fingerprint density at radius 2 is 2.25 bits per heavy atom. The topological polar surface area (TPSA) is 33.1 Å². The lowest BCUT2D eigenvalue weighted by atomic mass is 10.2. The van der Waals surface area contributed by atoms with Gasteiger partial charge >= 0.3 is 0 Å². The van der Waals surface area contributed by atoms with E-state index in [9.17, 15) is 8.78 Å². The molecule has 0 fully saturated rings. The third-order valence-electron chi connectivity index (χ3n) is 1.36. The summed E-state index contributed by atoms with van der Waals surface area (Å²) >= 11 is 3.02. The fraction of sp³-hybridized carbons (Fsp3) is 0.286. The zero-order chi connectivity index (χ0) is 9.14. The molecule has 5 heteroatoms. The van der Waals surface area contributed by atoms with Gasteiger partial charge in [-0.15, -0.1) is 0 Å². The molecular formula is C7H6BrF2NO. The van der Waals surface area contributed by atoms with Crippen molar-refractivity contribution in [3.05, 3.63) is 28.0 Å². The molecule has 12 heavy (non-hydrogen) atoms. The molecule has 0 radical (unpaired) electrons. The number of halogens is 3. The molecule has 0 unspecified atom stereocenters. The van der Waals surface area contributed by atoms with E-state index in [1.165, 1.54) is 6.07 Å². The van der Waals surface area contributed by atoms with Crippen LogP contribution in [0, 0.1) is 0 Å². The van der Waals surface area contributed by atoms with Gasteiger partial charge in [-0.25, -0.2) is 13.8 Å². The fourth-order valence-electron chi connectivity index (χ4n) is 0.742. The lowest BCUT2D eigenvalue weighted by molar-refractivity contribution is 0.150. The van der Waals surface area contributed by atoms with Crippen molar-refractivity contribution in [3.8, 4) is 0 Å². The van der Waals surface area contributed by atoms with E-state index >= 15 is 0 Å². The van der Waals surface area contributed by atoms with Crippen LogP contribution in [-0.2, 0) is 6.61 Å². The van der Waals surface area contributed by atoms with Gasteiger partial charge in [-0.05, 0) is 22.0 Å². The number of aliphatic hydroxyl groups excluding tert-OH is 1. The number of rotatable bonds is 2. The van der Waals surface area contributed by atoms with Gasteiger partial charge in [-0.3, -0.25) is 0 Å². The first-order chi connectivity index (χ1) is 5.65. The smallest absolute Gasteiger partial charge is 0.265 e. The van der Waals surface area contributed by atoms with Crippen molar-refractivity contribution in [3.63, 3.8) is 0 Å². The van der Waals surface area contributed by atoms with Gasteiger partial charge < -0.3 is 5.11 Å². The molecule has 0 atom stereocenters. The summed E-state index contributed by atoms with van der Waals surface area (Å²) < 4.78 is 24.6. The van der Waals surface area contributed by atoms with Crippen LogP contribution in [0.4, 0.5) is 8.78 Å². The molecule has 0 aliphatic carbocycles. The molecule has 0 saturated heterocycles. The van der Waals surface area contributed by atoms with Gasteiger partial charge in [-0.1, -0.05) is 0 Å². The number of alkyl halides is 2. The second-order valence-corrected chi connectivity index (χ2v) is 2.93. The van der Waals surface area contributed by atoms with Crippen LogP contribution in [0.25, 0.3) is 0 Å². The molecule has 1 N–H and O–H groups in total. The van der Waals surface area contributed by atoms with Gasteiger partial charge in [-0.2, -0.15) is 0 Å². The lowest BCUT2D eigenvalue weighted by Gasteiger charge is -2.02. The van der Waals surface area contributed by atoms with Crippen molar-refractivity contribution in [2.45, 2.75) is 13.0 Å². The summed E-state index contributed by atoms with van der Waals surface area (Å²) in [4.78, 5) is 3.65. The largest absolute Gasteiger partial charge is 0.392 e. The second-order valence-electron chi connectivity index (χ2n) is 2.18. The molecule has 1 aromatic heterocycles. The van der Waals surface area contributed by atoms with Crippen LogP contribution in [0.3, 0.4) is 0 Å². The first kappa shape index (κ1) is 9.54. The fourth-order valence-corrected chi connectivity index (χ4v) is 1.08. The molecule has 0 aliphatic rings. The number of nitrogens with zero attached hydrogens (tertiary/aromatic N) is 1. The zero-order valence-electron chi connectivity index (χ0n) is 5.97. The van der Waals surface area contributed by atoms with Crippen LogP contribution in [0.1, 0.15) is 17.6 Å². The average Bonchev–Trinajstić information content (AvgIpc) is 2.05. The van der Waals surface area contributed by atoms with Crippen LogP contribution in [0.15, 0.2) is 16.9 Å². The van der Waals surface area contributed by atoms with Crippen LogP contribution in [0.5, 0.6) is 0 Å². The number of aliphatic hydroxyl groups is 1. The number of pyridine rings is 1. The molecule has 0 saturated carbocycles. The summed E-state index contributed by atoms with van der Waals surface area (Å²) in [6, 6.07) is 1.22. The van der Waals surface area contributed by atoms with Gasteiger partial charge in [0.05, 0.1) is 6.61 Å². The van der Waals surface area contributed by atoms with E-state index in [-0.39, 0.29) is 12.2 Å². The maximum Gasteiger partial charge on any atom is 0.265 e. The Bertz CT molecular complexity index is 280. The minimum absolute atomic E-state index is 0.178. The van der Waals surface area contributed by atoms with E-state index in [0.717, 1.165) is 6.20 Å². The Morgan fingerprint density at radius 1 is 1.58 bits per heavy atom. The second kappa shape index (κ2) is 3.91. The predicted molar refractivity (Wildman–Crippen MR) is 42.8 cm³/mol. The third kappa shape index (κ3) is 1.98. The molecule has 0 amide bonds. The van der Waals surface area contributed by atoms with Crippen LogP contribution in [-0.4, -0.2) is 10.1 Å². The highest BCUT2D eigenvalue weighted by atomic mass is 79.9. The van der Waals surface area contributed by atoms with Crippen molar-refractivity contribution in [1.82, 2.24) is 4.98 Å². The van der Waals surface area contributed by atoms with E-state index in [1.54, 1.807) is 0 Å². The summed E-state index contributed by atoms with van der Waals surface area (Å²) in [5.41, 5.74) is 0.190. The monoisotopic (exact) mass is 237 g/mol. The SMILES string of the molecule is OCc1cc(C(F)F)cnc1Br. The Hall–Kier alpha value is -0.550. The average molecular weight is 238 g/mol. The van der Waals surface area contributed by atoms with Crippen LogP contribution in [0.2, 0.25) is 0 Å². The Kier molecular flexibility index (Phi) is 3.11. The van der Waals surface area contributed by atoms with E-state index in [0.29, 0.717) is 10.2 Å². The molecule has 0 aliphatic heterocycles. The minimum atomic E-state index is -2.55. The summed E-state index contributed by atoms with van der Waals surface area (Å²) in [5, 5.41) is 8.71. The van der Waals surface area contributed by atoms with Crippen molar-refractivity contribution >= 4 is 15.9 Å². The van der Waals surface area contributed by atoms with Gasteiger partial charge in [0.25, 0.3) is 6.43 Å². The Balaban J connectivity index is 3.05. The summed E-state index contributed by atoms with van der Waals surface area (Å²) in [6.07, 6.45) is -1.47. The Labute approximate surface area is 76.4 Å². The summed E-state index contributed by atoms with van der Waals surface area (Å²) in [7, 11) is 0. The molecule has 0 aromatic carbocycles. The normalized spacial score (nSPS) is 10.8. The van der Waals surface area contributed by atoms with Gasteiger partial charge in [0, 0.05) is 17.3 Å². The molecule has 1 rings (SSSR count). The maximum atomic E-state index is 12.1.